The van der Waals surface area contributed by atoms with Crippen LogP contribution >= 0.6 is 0 Å². The van der Waals surface area contributed by atoms with Gasteiger partial charge in [0.1, 0.15) is 5.60 Å². The van der Waals surface area contributed by atoms with E-state index in [0.717, 1.165) is 36.0 Å². The van der Waals surface area contributed by atoms with Crippen LogP contribution in [0.5, 0.6) is 0 Å². The predicted molar refractivity (Wildman–Crippen MR) is 109 cm³/mol. The molecule has 27 heavy (non-hydrogen) atoms. The molecule has 1 amide bonds. The van der Waals surface area contributed by atoms with E-state index < -0.39 is 12.7 Å². The number of hydrogen-bond acceptors (Lipinski definition) is 4. The summed E-state index contributed by atoms with van der Waals surface area (Å²) in [5.74, 6) is 0. The van der Waals surface area contributed by atoms with Crippen molar-refractivity contribution >= 4 is 24.4 Å². The van der Waals surface area contributed by atoms with Crippen molar-refractivity contribution < 1.29 is 18.8 Å². The van der Waals surface area contributed by atoms with E-state index in [1.165, 1.54) is 0 Å². The third-order valence-electron chi connectivity index (χ3n) is 5.83. The molecule has 0 bridgehead atoms. The summed E-state index contributed by atoms with van der Waals surface area (Å²) in [6, 6.07) is 6.17. The van der Waals surface area contributed by atoms with Crippen LogP contribution in [0, 0.1) is 0 Å². The Morgan fingerprint density at radius 2 is 1.96 bits per heavy atom. The molecular formula is C21H32BNO4. The Morgan fingerprint density at radius 3 is 2.56 bits per heavy atom. The van der Waals surface area contributed by atoms with Crippen LogP contribution in [-0.2, 0) is 20.5 Å². The molecule has 1 unspecified atom stereocenters. The molecule has 1 fully saturated rings. The Hall–Kier alpha value is -1.53. The van der Waals surface area contributed by atoms with Crippen molar-refractivity contribution in [1.82, 2.24) is 0 Å². The molecule has 2 heterocycles. The zero-order chi connectivity index (χ0) is 20.0. The van der Waals surface area contributed by atoms with Gasteiger partial charge in [-0.05, 0) is 77.9 Å². The van der Waals surface area contributed by atoms with Gasteiger partial charge in [-0.2, -0.15) is 0 Å². The summed E-state index contributed by atoms with van der Waals surface area (Å²) in [6.07, 6.45) is 2.46. The third-order valence-corrected chi connectivity index (χ3v) is 5.83. The summed E-state index contributed by atoms with van der Waals surface area (Å²) in [5.41, 5.74) is 1.76. The number of anilines is 1. The number of fused-ring (bicyclic) bond motifs is 1. The van der Waals surface area contributed by atoms with Crippen molar-refractivity contribution in [2.24, 2.45) is 0 Å². The van der Waals surface area contributed by atoms with Gasteiger partial charge in [0.2, 0.25) is 0 Å². The Balaban J connectivity index is 1.90. The van der Waals surface area contributed by atoms with Gasteiger partial charge in [-0.25, -0.2) is 4.79 Å². The molecule has 2 aliphatic rings. The molecule has 2 aliphatic heterocycles. The zero-order valence-electron chi connectivity index (χ0n) is 17.7. The molecule has 6 heteroatoms. The average Bonchev–Trinajstić information content (AvgIpc) is 2.82. The number of carbonyl (C=O) groups excluding carboxylic acids is 1. The van der Waals surface area contributed by atoms with Gasteiger partial charge in [-0.15, -0.1) is 0 Å². The van der Waals surface area contributed by atoms with Crippen LogP contribution in [-0.4, -0.2) is 36.6 Å². The van der Waals surface area contributed by atoms with Gasteiger partial charge in [0.05, 0.1) is 11.2 Å². The largest absolute Gasteiger partial charge is 0.494 e. The maximum atomic E-state index is 12.7. The van der Waals surface area contributed by atoms with Gasteiger partial charge in [0.15, 0.2) is 0 Å². The van der Waals surface area contributed by atoms with Crippen LogP contribution in [0.2, 0.25) is 0 Å². The quantitative estimate of drug-likeness (QED) is 0.734. The number of amides is 1. The smallest absolute Gasteiger partial charge is 0.443 e. The second-order valence-corrected chi connectivity index (χ2v) is 9.29. The number of carbonyl (C=O) groups is 1. The monoisotopic (exact) mass is 373 g/mol. The fourth-order valence-electron chi connectivity index (χ4n) is 3.68. The van der Waals surface area contributed by atoms with E-state index in [4.69, 9.17) is 14.0 Å². The van der Waals surface area contributed by atoms with E-state index in [1.807, 2.05) is 26.8 Å². The minimum Gasteiger partial charge on any atom is -0.443 e. The first kappa shape index (κ1) is 20.2. The standard InChI is InChI=1S/C21H32BNO4/c1-8-21(7)20(5,6)26-22(27-21)16-12-11-15-10-9-13-23(17(15)14-16)18(24)25-19(2,3)4/h11-12,14H,8-10,13H2,1-7H3. The average molecular weight is 373 g/mol. The molecule has 0 N–H and O–H groups in total. The normalized spacial score (nSPS) is 24.7. The van der Waals surface area contributed by atoms with E-state index >= 15 is 0 Å². The van der Waals surface area contributed by atoms with Crippen molar-refractivity contribution in [2.45, 2.75) is 84.5 Å². The minimum absolute atomic E-state index is 0.299. The molecule has 0 spiro atoms. The molecule has 148 valence electrons. The number of benzene rings is 1. The molecular weight excluding hydrogens is 341 g/mol. The van der Waals surface area contributed by atoms with Crippen LogP contribution in [0.15, 0.2) is 18.2 Å². The SMILES string of the molecule is CCC1(C)OB(c2ccc3c(c2)N(C(=O)OC(C)(C)C)CCC3)OC1(C)C. The lowest BCUT2D eigenvalue weighted by atomic mass is 9.77. The van der Waals surface area contributed by atoms with E-state index in [2.05, 4.69) is 39.8 Å². The molecule has 5 nitrogen and oxygen atoms in total. The van der Waals surface area contributed by atoms with Gasteiger partial charge in [-0.3, -0.25) is 4.90 Å². The summed E-state index contributed by atoms with van der Waals surface area (Å²) in [6.45, 7) is 14.7. The molecule has 0 aromatic heterocycles. The van der Waals surface area contributed by atoms with E-state index in [0.29, 0.717) is 6.54 Å². The van der Waals surface area contributed by atoms with E-state index in [9.17, 15) is 4.79 Å². The Bertz CT molecular complexity index is 727. The second-order valence-electron chi connectivity index (χ2n) is 9.29. The fourth-order valence-corrected chi connectivity index (χ4v) is 3.68. The number of aryl methyl sites for hydroxylation is 1. The lowest BCUT2D eigenvalue weighted by molar-refractivity contribution is -0.0118. The highest BCUT2D eigenvalue weighted by Gasteiger charge is 2.53. The highest BCUT2D eigenvalue weighted by atomic mass is 16.7. The minimum atomic E-state index is -0.517. The number of ether oxygens (including phenoxy) is 1. The zero-order valence-corrected chi connectivity index (χ0v) is 17.7. The molecule has 0 saturated carbocycles. The molecule has 1 aromatic carbocycles. The van der Waals surface area contributed by atoms with Gasteiger partial charge >= 0.3 is 13.2 Å². The highest BCUT2D eigenvalue weighted by Crippen LogP contribution is 2.39. The van der Waals surface area contributed by atoms with Gasteiger partial charge < -0.3 is 14.0 Å². The number of rotatable bonds is 2. The van der Waals surface area contributed by atoms with Crippen molar-refractivity contribution in [2.75, 3.05) is 11.4 Å². The van der Waals surface area contributed by atoms with Crippen LogP contribution in [0.3, 0.4) is 0 Å². The lowest BCUT2D eigenvalue weighted by Gasteiger charge is -2.35. The summed E-state index contributed by atoms with van der Waals surface area (Å²) in [7, 11) is -0.433. The van der Waals surface area contributed by atoms with Gasteiger partial charge in [0, 0.05) is 12.2 Å². The molecule has 0 radical (unpaired) electrons. The topological polar surface area (TPSA) is 48.0 Å². The first-order chi connectivity index (χ1) is 12.5. The van der Waals surface area contributed by atoms with Crippen LogP contribution in [0.25, 0.3) is 0 Å². The van der Waals surface area contributed by atoms with Crippen molar-refractivity contribution in [1.29, 1.82) is 0 Å². The Kier molecular flexibility index (Phi) is 5.11. The molecule has 0 aliphatic carbocycles. The fraction of sp³-hybridized carbons (Fsp3) is 0.667. The van der Waals surface area contributed by atoms with Crippen LogP contribution < -0.4 is 10.4 Å². The predicted octanol–water partition coefficient (Wildman–Crippen LogP) is 4.06. The summed E-state index contributed by atoms with van der Waals surface area (Å²) in [5, 5.41) is 0. The molecule has 1 saturated heterocycles. The lowest BCUT2D eigenvalue weighted by Crippen LogP contribution is -2.44. The molecule has 1 aromatic rings. The van der Waals surface area contributed by atoms with Gasteiger partial charge in [0.25, 0.3) is 0 Å². The van der Waals surface area contributed by atoms with Crippen molar-refractivity contribution in [3.63, 3.8) is 0 Å². The maximum Gasteiger partial charge on any atom is 0.494 e. The summed E-state index contributed by atoms with van der Waals surface area (Å²) < 4.78 is 18.2. The number of hydrogen-bond donors (Lipinski definition) is 0. The molecule has 1 atom stereocenters. The third kappa shape index (κ3) is 3.88. The van der Waals surface area contributed by atoms with Crippen LogP contribution in [0.1, 0.15) is 66.9 Å². The second kappa shape index (κ2) is 6.82. The first-order valence-corrected chi connectivity index (χ1v) is 9.95. The van der Waals surface area contributed by atoms with E-state index in [1.54, 1.807) is 4.90 Å². The van der Waals surface area contributed by atoms with Crippen LogP contribution in [0.4, 0.5) is 10.5 Å². The highest BCUT2D eigenvalue weighted by molar-refractivity contribution is 6.62. The summed E-state index contributed by atoms with van der Waals surface area (Å²) >= 11 is 0. The maximum absolute atomic E-state index is 12.7. The number of nitrogens with zero attached hydrogens (tertiary/aromatic N) is 1. The summed E-state index contributed by atoms with van der Waals surface area (Å²) in [4.78, 5) is 14.4. The van der Waals surface area contributed by atoms with Gasteiger partial charge in [-0.1, -0.05) is 19.1 Å². The Labute approximate surface area is 163 Å². The van der Waals surface area contributed by atoms with Crippen molar-refractivity contribution in [3.8, 4) is 0 Å². The molecule has 3 rings (SSSR count). The Morgan fingerprint density at radius 1 is 1.26 bits per heavy atom. The van der Waals surface area contributed by atoms with E-state index in [-0.39, 0.29) is 17.3 Å². The first-order valence-electron chi connectivity index (χ1n) is 9.95. The van der Waals surface area contributed by atoms with Crippen molar-refractivity contribution in [3.05, 3.63) is 23.8 Å².